The molecule has 1 N–H and O–H groups in total. The van der Waals surface area contributed by atoms with Crippen molar-refractivity contribution in [2.24, 2.45) is 0 Å². The van der Waals surface area contributed by atoms with E-state index in [1.54, 1.807) is 7.11 Å². The summed E-state index contributed by atoms with van der Waals surface area (Å²) in [6.45, 7) is 1.68. The van der Waals surface area contributed by atoms with Gasteiger partial charge in [0.2, 0.25) is 5.91 Å². The Bertz CT molecular complexity index is 1120. The fraction of sp³-hybridized carbons (Fsp3) is 0.200. The predicted molar refractivity (Wildman–Crippen MR) is 119 cm³/mol. The molecule has 0 spiro atoms. The lowest BCUT2D eigenvalue weighted by molar-refractivity contribution is -0.120. The number of rotatable bonds is 8. The zero-order chi connectivity index (χ0) is 20.8. The van der Waals surface area contributed by atoms with E-state index in [9.17, 15) is 4.79 Å². The third-order valence-corrected chi connectivity index (χ3v) is 5.12. The van der Waals surface area contributed by atoms with Gasteiger partial charge in [-0.1, -0.05) is 66.7 Å². The molecule has 0 unspecified atom stereocenters. The van der Waals surface area contributed by atoms with E-state index in [2.05, 4.69) is 39.1 Å². The molecule has 0 atom stereocenters. The molecule has 4 rings (SSSR count). The van der Waals surface area contributed by atoms with Crippen molar-refractivity contribution in [2.45, 2.75) is 19.5 Å². The van der Waals surface area contributed by atoms with Gasteiger partial charge in [-0.25, -0.2) is 4.98 Å². The van der Waals surface area contributed by atoms with Crippen molar-refractivity contribution in [1.82, 2.24) is 14.9 Å². The third kappa shape index (κ3) is 4.58. The number of hydrogen-bond donors (Lipinski definition) is 1. The normalized spacial score (nSPS) is 11.0. The van der Waals surface area contributed by atoms with Gasteiger partial charge in [-0.2, -0.15) is 0 Å². The van der Waals surface area contributed by atoms with Crippen LogP contribution in [-0.4, -0.2) is 29.2 Å². The summed E-state index contributed by atoms with van der Waals surface area (Å²) in [5.41, 5.74) is 5.28. The van der Waals surface area contributed by atoms with Gasteiger partial charge in [-0.15, -0.1) is 0 Å². The zero-order valence-electron chi connectivity index (χ0n) is 17.0. The molecule has 1 amide bonds. The SMILES string of the molecule is COCCn1c(CNC(=O)Cc2ccc(-c3ccccc3)cc2)nc2ccccc21. The lowest BCUT2D eigenvalue weighted by Gasteiger charge is -2.10. The average molecular weight is 399 g/mol. The highest BCUT2D eigenvalue weighted by atomic mass is 16.5. The highest BCUT2D eigenvalue weighted by molar-refractivity contribution is 5.79. The molecule has 5 nitrogen and oxygen atoms in total. The summed E-state index contributed by atoms with van der Waals surface area (Å²) in [5.74, 6) is 0.814. The molecule has 0 saturated heterocycles. The second-order valence-corrected chi connectivity index (χ2v) is 7.18. The molecule has 0 radical (unpaired) electrons. The van der Waals surface area contributed by atoms with E-state index >= 15 is 0 Å². The Morgan fingerprint density at radius 1 is 0.933 bits per heavy atom. The summed E-state index contributed by atoms with van der Waals surface area (Å²) in [6.07, 6.45) is 0.341. The van der Waals surface area contributed by atoms with Crippen molar-refractivity contribution in [3.05, 3.63) is 90.3 Å². The van der Waals surface area contributed by atoms with E-state index in [0.29, 0.717) is 26.1 Å². The number of methoxy groups -OCH3 is 1. The highest BCUT2D eigenvalue weighted by Gasteiger charge is 2.12. The molecule has 0 aliphatic rings. The average Bonchev–Trinajstić information content (AvgIpc) is 3.15. The fourth-order valence-electron chi connectivity index (χ4n) is 3.56. The van der Waals surface area contributed by atoms with Gasteiger partial charge in [-0.3, -0.25) is 4.79 Å². The smallest absolute Gasteiger partial charge is 0.224 e. The van der Waals surface area contributed by atoms with Gasteiger partial charge in [0.25, 0.3) is 0 Å². The predicted octanol–water partition coefficient (Wildman–Crippen LogP) is 4.21. The molecular weight excluding hydrogens is 374 g/mol. The van der Waals surface area contributed by atoms with Crippen LogP contribution in [0.4, 0.5) is 0 Å². The van der Waals surface area contributed by atoms with Crippen LogP contribution in [0.25, 0.3) is 22.2 Å². The van der Waals surface area contributed by atoms with E-state index in [4.69, 9.17) is 4.74 Å². The van der Waals surface area contributed by atoms with Gasteiger partial charge in [0.05, 0.1) is 30.6 Å². The summed E-state index contributed by atoms with van der Waals surface area (Å²) in [7, 11) is 1.68. The van der Waals surface area contributed by atoms with E-state index < -0.39 is 0 Å². The molecule has 0 saturated carbocycles. The van der Waals surface area contributed by atoms with Gasteiger partial charge >= 0.3 is 0 Å². The second-order valence-electron chi connectivity index (χ2n) is 7.18. The summed E-state index contributed by atoms with van der Waals surface area (Å²) in [4.78, 5) is 17.2. The van der Waals surface area contributed by atoms with Gasteiger partial charge in [0.15, 0.2) is 0 Å². The molecule has 0 aliphatic heterocycles. The molecule has 4 aromatic rings. The lowest BCUT2D eigenvalue weighted by Crippen LogP contribution is -2.26. The molecule has 1 aromatic heterocycles. The number of fused-ring (bicyclic) bond motifs is 1. The number of hydrogen-bond acceptors (Lipinski definition) is 3. The van der Waals surface area contributed by atoms with Crippen LogP contribution < -0.4 is 5.32 Å². The lowest BCUT2D eigenvalue weighted by atomic mass is 10.0. The first kappa shape index (κ1) is 19.9. The summed E-state index contributed by atoms with van der Waals surface area (Å²) >= 11 is 0. The topological polar surface area (TPSA) is 56.1 Å². The Morgan fingerprint density at radius 2 is 1.63 bits per heavy atom. The number of benzene rings is 3. The molecule has 1 heterocycles. The Morgan fingerprint density at radius 3 is 2.40 bits per heavy atom. The van der Waals surface area contributed by atoms with Crippen molar-refractivity contribution < 1.29 is 9.53 Å². The molecule has 5 heteroatoms. The van der Waals surface area contributed by atoms with Crippen LogP contribution in [0.5, 0.6) is 0 Å². The molecule has 152 valence electrons. The molecule has 0 aliphatic carbocycles. The number of nitrogens with one attached hydrogen (secondary N) is 1. The Balaban J connectivity index is 1.40. The Hall–Kier alpha value is -3.44. The van der Waals surface area contributed by atoms with Crippen LogP contribution >= 0.6 is 0 Å². The minimum Gasteiger partial charge on any atom is -0.383 e. The zero-order valence-corrected chi connectivity index (χ0v) is 17.0. The van der Waals surface area contributed by atoms with E-state index in [0.717, 1.165) is 28.0 Å². The number of ether oxygens (including phenoxy) is 1. The number of carbonyl (C=O) groups is 1. The van der Waals surface area contributed by atoms with E-state index in [-0.39, 0.29) is 5.91 Å². The van der Waals surface area contributed by atoms with Crippen molar-refractivity contribution in [3.63, 3.8) is 0 Å². The van der Waals surface area contributed by atoms with Crippen LogP contribution in [0.15, 0.2) is 78.9 Å². The third-order valence-electron chi connectivity index (χ3n) is 5.12. The van der Waals surface area contributed by atoms with Gasteiger partial charge in [-0.05, 0) is 28.8 Å². The summed E-state index contributed by atoms with van der Waals surface area (Å²) < 4.78 is 7.33. The minimum atomic E-state index is -0.0205. The maximum atomic E-state index is 12.5. The van der Waals surface area contributed by atoms with Crippen LogP contribution in [-0.2, 0) is 29.0 Å². The van der Waals surface area contributed by atoms with Crippen molar-refractivity contribution in [3.8, 4) is 11.1 Å². The Labute approximate surface area is 176 Å². The van der Waals surface area contributed by atoms with Crippen molar-refractivity contribution in [1.29, 1.82) is 0 Å². The van der Waals surface area contributed by atoms with Crippen LogP contribution in [0.3, 0.4) is 0 Å². The van der Waals surface area contributed by atoms with Crippen LogP contribution in [0, 0.1) is 0 Å². The highest BCUT2D eigenvalue weighted by Crippen LogP contribution is 2.19. The summed E-state index contributed by atoms with van der Waals surface area (Å²) in [6, 6.07) is 26.3. The molecule has 0 bridgehead atoms. The van der Waals surface area contributed by atoms with E-state index in [1.165, 1.54) is 5.56 Å². The first-order chi connectivity index (χ1) is 14.7. The van der Waals surface area contributed by atoms with Crippen LogP contribution in [0.2, 0.25) is 0 Å². The Kier molecular flexibility index (Phi) is 6.20. The second kappa shape index (κ2) is 9.37. The molecule has 0 fully saturated rings. The standard InChI is InChI=1S/C25H25N3O2/c1-30-16-15-28-23-10-6-5-9-22(23)27-24(28)18-26-25(29)17-19-11-13-21(14-12-19)20-7-3-2-4-8-20/h2-14H,15-18H2,1H3,(H,26,29). The van der Waals surface area contributed by atoms with Crippen molar-refractivity contribution >= 4 is 16.9 Å². The number of carbonyl (C=O) groups excluding carboxylic acids is 1. The largest absolute Gasteiger partial charge is 0.383 e. The number of imidazole rings is 1. The number of nitrogens with zero attached hydrogens (tertiary/aromatic N) is 2. The minimum absolute atomic E-state index is 0.0205. The van der Waals surface area contributed by atoms with Gasteiger partial charge in [0, 0.05) is 13.7 Å². The summed E-state index contributed by atoms with van der Waals surface area (Å²) in [5, 5.41) is 3.01. The van der Waals surface area contributed by atoms with Gasteiger partial charge in [0.1, 0.15) is 5.82 Å². The van der Waals surface area contributed by atoms with Crippen molar-refractivity contribution in [2.75, 3.05) is 13.7 Å². The number of aromatic nitrogens is 2. The van der Waals surface area contributed by atoms with Crippen LogP contribution in [0.1, 0.15) is 11.4 Å². The van der Waals surface area contributed by atoms with Gasteiger partial charge < -0.3 is 14.6 Å². The molecule has 3 aromatic carbocycles. The van der Waals surface area contributed by atoms with E-state index in [1.807, 2.05) is 54.6 Å². The fourth-order valence-corrected chi connectivity index (χ4v) is 3.56. The first-order valence-corrected chi connectivity index (χ1v) is 10.1. The molecule has 30 heavy (non-hydrogen) atoms. The number of para-hydroxylation sites is 2. The monoisotopic (exact) mass is 399 g/mol. The number of amides is 1. The first-order valence-electron chi connectivity index (χ1n) is 10.1. The molecular formula is C25H25N3O2. The quantitative estimate of drug-likeness (QED) is 0.483. The maximum absolute atomic E-state index is 12.5. The maximum Gasteiger partial charge on any atom is 0.224 e.